The van der Waals surface area contributed by atoms with Crippen LogP contribution in [0, 0.1) is 11.7 Å². The fourth-order valence-corrected chi connectivity index (χ4v) is 5.14. The molecule has 4 heterocycles. The van der Waals surface area contributed by atoms with Gasteiger partial charge in [0.25, 0.3) is 5.91 Å². The average molecular weight is 381 g/mol. The highest BCUT2D eigenvalue weighted by molar-refractivity contribution is 7.13. The van der Waals surface area contributed by atoms with E-state index in [-0.39, 0.29) is 17.8 Å². The first-order valence-electron chi connectivity index (χ1n) is 9.36. The summed E-state index contributed by atoms with van der Waals surface area (Å²) in [4.78, 5) is 15.2. The second kappa shape index (κ2) is 6.69. The predicted molar refractivity (Wildman–Crippen MR) is 105 cm³/mol. The van der Waals surface area contributed by atoms with Crippen molar-refractivity contribution in [3.05, 3.63) is 54.0 Å². The summed E-state index contributed by atoms with van der Waals surface area (Å²) in [6.07, 6.45) is 2.32. The molecule has 2 aromatic carbocycles. The van der Waals surface area contributed by atoms with Crippen molar-refractivity contribution in [2.24, 2.45) is 5.92 Å². The molecular weight excluding hydrogens is 361 g/mol. The van der Waals surface area contributed by atoms with Gasteiger partial charge in [0, 0.05) is 23.5 Å². The minimum absolute atomic E-state index is 0.0985. The van der Waals surface area contributed by atoms with Gasteiger partial charge in [-0.2, -0.15) is 4.37 Å². The number of nitrogens with one attached hydrogen (secondary N) is 1. The van der Waals surface area contributed by atoms with E-state index >= 15 is 0 Å². The van der Waals surface area contributed by atoms with E-state index in [1.807, 2.05) is 24.3 Å². The quantitative estimate of drug-likeness (QED) is 0.748. The van der Waals surface area contributed by atoms with Crippen molar-refractivity contribution in [1.82, 2.24) is 14.6 Å². The van der Waals surface area contributed by atoms with Gasteiger partial charge in [-0.25, -0.2) is 4.39 Å². The molecule has 0 unspecified atom stereocenters. The molecular formula is C21H20FN3OS. The highest BCUT2D eigenvalue weighted by Crippen LogP contribution is 2.31. The molecule has 1 amide bonds. The number of carbonyl (C=O) groups is 1. The first-order valence-corrected chi connectivity index (χ1v) is 10.1. The van der Waals surface area contributed by atoms with E-state index in [4.69, 9.17) is 0 Å². The molecule has 3 aromatic rings. The van der Waals surface area contributed by atoms with E-state index in [0.29, 0.717) is 17.2 Å². The molecule has 3 fully saturated rings. The lowest BCUT2D eigenvalue weighted by molar-refractivity contribution is 0.0619. The van der Waals surface area contributed by atoms with Gasteiger partial charge in [0.05, 0.1) is 4.70 Å². The number of nitrogens with zero attached hydrogens (tertiary/aromatic N) is 2. The molecule has 6 heteroatoms. The number of amides is 1. The molecule has 6 rings (SSSR count). The van der Waals surface area contributed by atoms with Crippen LogP contribution in [0.3, 0.4) is 0 Å². The van der Waals surface area contributed by atoms with Crippen molar-refractivity contribution in [2.75, 3.05) is 19.6 Å². The fourth-order valence-electron chi connectivity index (χ4n) is 4.33. The van der Waals surface area contributed by atoms with Gasteiger partial charge in [-0.15, -0.1) is 0 Å². The molecule has 2 bridgehead atoms. The molecule has 3 saturated heterocycles. The zero-order chi connectivity index (χ0) is 18.4. The van der Waals surface area contributed by atoms with E-state index in [1.165, 1.54) is 17.6 Å². The molecule has 27 heavy (non-hydrogen) atoms. The summed E-state index contributed by atoms with van der Waals surface area (Å²) in [5.41, 5.74) is 1.84. The summed E-state index contributed by atoms with van der Waals surface area (Å²) in [5, 5.41) is 4.04. The number of benzene rings is 2. The Hall–Kier alpha value is -2.31. The Kier molecular flexibility index (Phi) is 4.17. The van der Waals surface area contributed by atoms with Crippen LogP contribution in [0.1, 0.15) is 23.3 Å². The number of piperidine rings is 3. The van der Waals surface area contributed by atoms with Crippen LogP contribution in [0.5, 0.6) is 0 Å². The molecule has 0 saturated carbocycles. The third-order valence-electron chi connectivity index (χ3n) is 5.84. The highest BCUT2D eigenvalue weighted by atomic mass is 32.1. The van der Waals surface area contributed by atoms with Crippen LogP contribution in [0.25, 0.3) is 21.2 Å². The van der Waals surface area contributed by atoms with Crippen molar-refractivity contribution in [3.63, 3.8) is 0 Å². The first kappa shape index (κ1) is 16.8. The lowest BCUT2D eigenvalue weighted by atomic mass is 9.84. The van der Waals surface area contributed by atoms with Gasteiger partial charge in [-0.05, 0) is 61.1 Å². The van der Waals surface area contributed by atoms with Gasteiger partial charge in [-0.1, -0.05) is 30.3 Å². The number of hydrogen-bond acceptors (Lipinski definition) is 4. The topological polar surface area (TPSA) is 45.2 Å². The molecule has 138 valence electrons. The van der Waals surface area contributed by atoms with E-state index in [2.05, 4.69) is 14.6 Å². The van der Waals surface area contributed by atoms with Crippen LogP contribution in [-0.4, -0.2) is 40.9 Å². The Morgan fingerprint density at radius 2 is 2.00 bits per heavy atom. The van der Waals surface area contributed by atoms with Crippen molar-refractivity contribution >= 4 is 27.5 Å². The summed E-state index contributed by atoms with van der Waals surface area (Å²) in [6, 6.07) is 12.6. The van der Waals surface area contributed by atoms with Crippen molar-refractivity contribution in [2.45, 2.75) is 18.9 Å². The summed E-state index contributed by atoms with van der Waals surface area (Å²) in [6.45, 7) is 3.24. The maximum absolute atomic E-state index is 14.1. The maximum atomic E-state index is 14.1. The van der Waals surface area contributed by atoms with Gasteiger partial charge in [-0.3, -0.25) is 4.79 Å². The first-order chi connectivity index (χ1) is 13.2. The molecule has 0 spiro atoms. The number of carbonyl (C=O) groups excluding carboxylic acids is 1. The minimum atomic E-state index is -0.248. The number of aromatic nitrogens is 1. The standard InChI is InChI=1S/C21H20FN3OS/c22-17-4-2-1-3-15(17)14-5-6-16-19(11-14)27-24-20(16)21(26)23-18-12-25-9-7-13(18)8-10-25/h1-6,11,13,18H,7-10,12H2,(H,23,26)/t18-/m1/s1. The molecule has 4 nitrogen and oxygen atoms in total. The summed E-state index contributed by atoms with van der Waals surface area (Å²) in [5.74, 6) is 0.233. The number of fused-ring (bicyclic) bond motifs is 4. The highest BCUT2D eigenvalue weighted by Gasteiger charge is 2.35. The second-order valence-corrected chi connectivity index (χ2v) is 8.24. The summed E-state index contributed by atoms with van der Waals surface area (Å²) < 4.78 is 19.4. The smallest absolute Gasteiger partial charge is 0.271 e. The minimum Gasteiger partial charge on any atom is -0.346 e. The van der Waals surface area contributed by atoms with Crippen LogP contribution < -0.4 is 5.32 Å². The van der Waals surface area contributed by atoms with Crippen molar-refractivity contribution in [3.8, 4) is 11.1 Å². The average Bonchev–Trinajstić information content (AvgIpc) is 3.12. The van der Waals surface area contributed by atoms with Crippen LogP contribution in [0.4, 0.5) is 4.39 Å². The Morgan fingerprint density at radius 3 is 2.74 bits per heavy atom. The summed E-state index contributed by atoms with van der Waals surface area (Å²) >= 11 is 1.29. The number of hydrogen-bond donors (Lipinski definition) is 1. The van der Waals surface area contributed by atoms with Gasteiger partial charge < -0.3 is 10.2 Å². The second-order valence-electron chi connectivity index (χ2n) is 7.44. The van der Waals surface area contributed by atoms with E-state index < -0.39 is 0 Å². The largest absolute Gasteiger partial charge is 0.346 e. The van der Waals surface area contributed by atoms with E-state index in [9.17, 15) is 9.18 Å². The van der Waals surface area contributed by atoms with Crippen molar-refractivity contribution < 1.29 is 9.18 Å². The molecule has 1 aromatic heterocycles. The Labute approximate surface area is 161 Å². The Morgan fingerprint density at radius 1 is 1.19 bits per heavy atom. The SMILES string of the molecule is O=C(N[C@@H]1CN2CCC1CC2)c1nsc2cc(-c3ccccc3F)ccc12. The van der Waals surface area contributed by atoms with E-state index in [0.717, 1.165) is 48.1 Å². The zero-order valence-corrected chi connectivity index (χ0v) is 15.6. The lowest BCUT2D eigenvalue weighted by Gasteiger charge is -2.44. The zero-order valence-electron chi connectivity index (χ0n) is 14.8. The number of halogens is 1. The Balaban J connectivity index is 1.41. The van der Waals surface area contributed by atoms with Crippen molar-refractivity contribution in [1.29, 1.82) is 0 Å². The molecule has 0 radical (unpaired) electrons. The predicted octanol–water partition coefficient (Wildman–Crippen LogP) is 3.93. The van der Waals surface area contributed by atoms with Crippen LogP contribution in [-0.2, 0) is 0 Å². The van der Waals surface area contributed by atoms with E-state index in [1.54, 1.807) is 12.1 Å². The molecule has 3 aliphatic heterocycles. The number of rotatable bonds is 3. The normalized spacial score (nSPS) is 24.3. The van der Waals surface area contributed by atoms with Crippen LogP contribution >= 0.6 is 11.5 Å². The third-order valence-corrected chi connectivity index (χ3v) is 6.65. The van der Waals surface area contributed by atoms with Gasteiger partial charge in [0.2, 0.25) is 0 Å². The lowest BCUT2D eigenvalue weighted by Crippen LogP contribution is -2.57. The maximum Gasteiger partial charge on any atom is 0.271 e. The molecule has 1 N–H and O–H groups in total. The Bertz CT molecular complexity index is 1010. The van der Waals surface area contributed by atoms with Gasteiger partial charge in [0.15, 0.2) is 0 Å². The summed E-state index contributed by atoms with van der Waals surface area (Å²) in [7, 11) is 0. The van der Waals surface area contributed by atoms with Crippen LogP contribution in [0.2, 0.25) is 0 Å². The monoisotopic (exact) mass is 381 g/mol. The molecule has 3 aliphatic rings. The molecule has 0 aliphatic carbocycles. The van der Waals surface area contributed by atoms with Gasteiger partial charge in [0.1, 0.15) is 11.5 Å². The van der Waals surface area contributed by atoms with Crippen LogP contribution in [0.15, 0.2) is 42.5 Å². The fraction of sp³-hybridized carbons (Fsp3) is 0.333. The van der Waals surface area contributed by atoms with Gasteiger partial charge >= 0.3 is 0 Å². The third kappa shape index (κ3) is 3.03. The molecule has 1 atom stereocenters.